The van der Waals surface area contributed by atoms with Crippen LogP contribution in [0.3, 0.4) is 0 Å². The first-order chi connectivity index (χ1) is 7.17. The SMILES string of the molecule is CCN(CC)Cc1ccnc(C(C)C)n1. The summed E-state index contributed by atoms with van der Waals surface area (Å²) in [5.41, 5.74) is 1.12. The third kappa shape index (κ3) is 3.59. The lowest BCUT2D eigenvalue weighted by molar-refractivity contribution is 0.291. The third-order valence-electron chi connectivity index (χ3n) is 2.53. The van der Waals surface area contributed by atoms with Crippen molar-refractivity contribution in [1.29, 1.82) is 0 Å². The van der Waals surface area contributed by atoms with Gasteiger partial charge in [0.25, 0.3) is 0 Å². The summed E-state index contributed by atoms with van der Waals surface area (Å²) in [7, 11) is 0. The zero-order valence-electron chi connectivity index (χ0n) is 10.2. The molecular formula is C12H21N3. The summed E-state index contributed by atoms with van der Waals surface area (Å²) in [6, 6.07) is 2.00. The first-order valence-electron chi connectivity index (χ1n) is 5.71. The van der Waals surface area contributed by atoms with E-state index in [0.717, 1.165) is 31.2 Å². The van der Waals surface area contributed by atoms with E-state index < -0.39 is 0 Å². The van der Waals surface area contributed by atoms with Gasteiger partial charge in [-0.1, -0.05) is 27.7 Å². The molecule has 1 heterocycles. The molecule has 1 aromatic heterocycles. The van der Waals surface area contributed by atoms with E-state index in [1.165, 1.54) is 0 Å². The lowest BCUT2D eigenvalue weighted by Crippen LogP contribution is -2.23. The highest BCUT2D eigenvalue weighted by Crippen LogP contribution is 2.09. The molecule has 0 aliphatic rings. The molecule has 1 aromatic rings. The first kappa shape index (κ1) is 12.1. The predicted molar refractivity (Wildman–Crippen MR) is 62.7 cm³/mol. The fourth-order valence-corrected chi connectivity index (χ4v) is 1.46. The van der Waals surface area contributed by atoms with Crippen molar-refractivity contribution in [2.75, 3.05) is 13.1 Å². The van der Waals surface area contributed by atoms with Gasteiger partial charge in [-0.2, -0.15) is 0 Å². The molecule has 0 radical (unpaired) electrons. The number of aromatic nitrogens is 2. The van der Waals surface area contributed by atoms with Gasteiger partial charge in [-0.05, 0) is 19.2 Å². The fraction of sp³-hybridized carbons (Fsp3) is 0.667. The van der Waals surface area contributed by atoms with E-state index >= 15 is 0 Å². The Balaban J connectivity index is 2.72. The maximum Gasteiger partial charge on any atom is 0.131 e. The van der Waals surface area contributed by atoms with Crippen molar-refractivity contribution in [2.45, 2.75) is 40.2 Å². The van der Waals surface area contributed by atoms with Gasteiger partial charge in [-0.3, -0.25) is 4.90 Å². The molecule has 0 fully saturated rings. The van der Waals surface area contributed by atoms with Crippen LogP contribution in [0.5, 0.6) is 0 Å². The maximum atomic E-state index is 4.56. The summed E-state index contributed by atoms with van der Waals surface area (Å²) >= 11 is 0. The molecule has 3 nitrogen and oxygen atoms in total. The van der Waals surface area contributed by atoms with Crippen molar-refractivity contribution >= 4 is 0 Å². The van der Waals surface area contributed by atoms with Gasteiger partial charge in [0, 0.05) is 18.7 Å². The van der Waals surface area contributed by atoms with Crippen LogP contribution >= 0.6 is 0 Å². The molecule has 0 saturated heterocycles. The van der Waals surface area contributed by atoms with Gasteiger partial charge in [0.15, 0.2) is 0 Å². The van der Waals surface area contributed by atoms with Crippen LogP contribution in [0.1, 0.15) is 45.1 Å². The van der Waals surface area contributed by atoms with Gasteiger partial charge in [0.2, 0.25) is 0 Å². The normalized spacial score (nSPS) is 11.3. The average molecular weight is 207 g/mol. The largest absolute Gasteiger partial charge is 0.298 e. The molecule has 0 bridgehead atoms. The number of hydrogen-bond donors (Lipinski definition) is 0. The highest BCUT2D eigenvalue weighted by atomic mass is 15.1. The molecule has 0 N–H and O–H groups in total. The second kappa shape index (κ2) is 5.81. The Kier molecular flexibility index (Phi) is 4.69. The molecule has 1 rings (SSSR count). The van der Waals surface area contributed by atoms with E-state index in [1.54, 1.807) is 0 Å². The lowest BCUT2D eigenvalue weighted by atomic mass is 10.2. The fourth-order valence-electron chi connectivity index (χ4n) is 1.46. The molecule has 15 heavy (non-hydrogen) atoms. The Labute approximate surface area is 92.6 Å². The molecule has 0 aromatic carbocycles. The zero-order valence-corrected chi connectivity index (χ0v) is 10.2. The average Bonchev–Trinajstić information content (AvgIpc) is 2.26. The standard InChI is InChI=1S/C12H21N3/c1-5-15(6-2)9-11-7-8-13-12(14-11)10(3)4/h7-8,10H,5-6,9H2,1-4H3. The molecule has 0 unspecified atom stereocenters. The van der Waals surface area contributed by atoms with Crippen LogP contribution in [0, 0.1) is 0 Å². The van der Waals surface area contributed by atoms with Gasteiger partial charge in [-0.25, -0.2) is 9.97 Å². The minimum absolute atomic E-state index is 0.404. The smallest absolute Gasteiger partial charge is 0.131 e. The van der Waals surface area contributed by atoms with E-state index in [4.69, 9.17) is 0 Å². The van der Waals surface area contributed by atoms with Gasteiger partial charge in [0.1, 0.15) is 5.82 Å². The van der Waals surface area contributed by atoms with Crippen LogP contribution in [-0.4, -0.2) is 28.0 Å². The van der Waals surface area contributed by atoms with E-state index in [9.17, 15) is 0 Å². The van der Waals surface area contributed by atoms with Crippen LogP contribution in [0.4, 0.5) is 0 Å². The Hall–Kier alpha value is -0.960. The monoisotopic (exact) mass is 207 g/mol. The minimum Gasteiger partial charge on any atom is -0.298 e. The third-order valence-corrected chi connectivity index (χ3v) is 2.53. The summed E-state index contributed by atoms with van der Waals surface area (Å²) in [5.74, 6) is 1.35. The summed E-state index contributed by atoms with van der Waals surface area (Å²) in [5, 5.41) is 0. The number of hydrogen-bond acceptors (Lipinski definition) is 3. The molecule has 0 spiro atoms. The highest BCUT2D eigenvalue weighted by Gasteiger charge is 2.06. The van der Waals surface area contributed by atoms with E-state index in [1.807, 2.05) is 12.3 Å². The summed E-state index contributed by atoms with van der Waals surface area (Å²) in [6.07, 6.45) is 1.86. The van der Waals surface area contributed by atoms with Crippen molar-refractivity contribution in [3.63, 3.8) is 0 Å². The van der Waals surface area contributed by atoms with Crippen molar-refractivity contribution in [2.24, 2.45) is 0 Å². The summed E-state index contributed by atoms with van der Waals surface area (Å²) < 4.78 is 0. The molecule has 0 saturated carbocycles. The van der Waals surface area contributed by atoms with Crippen LogP contribution in [-0.2, 0) is 6.54 Å². The molecule has 84 valence electrons. The number of rotatable bonds is 5. The van der Waals surface area contributed by atoms with Gasteiger partial charge in [0.05, 0.1) is 5.69 Å². The van der Waals surface area contributed by atoms with Crippen molar-refractivity contribution < 1.29 is 0 Å². The van der Waals surface area contributed by atoms with E-state index in [2.05, 4.69) is 42.6 Å². The van der Waals surface area contributed by atoms with E-state index in [-0.39, 0.29) is 0 Å². The first-order valence-corrected chi connectivity index (χ1v) is 5.71. The van der Waals surface area contributed by atoms with Crippen LogP contribution in [0.15, 0.2) is 12.3 Å². The molecular weight excluding hydrogens is 186 g/mol. The molecule has 0 aliphatic heterocycles. The van der Waals surface area contributed by atoms with Gasteiger partial charge < -0.3 is 0 Å². The Bertz CT molecular complexity index is 293. The second-order valence-electron chi connectivity index (χ2n) is 4.02. The minimum atomic E-state index is 0.404. The van der Waals surface area contributed by atoms with Crippen LogP contribution in [0.2, 0.25) is 0 Å². The Morgan fingerprint density at radius 3 is 2.47 bits per heavy atom. The van der Waals surface area contributed by atoms with Crippen LogP contribution in [0.25, 0.3) is 0 Å². The second-order valence-corrected chi connectivity index (χ2v) is 4.02. The zero-order chi connectivity index (χ0) is 11.3. The molecule has 0 amide bonds. The van der Waals surface area contributed by atoms with Gasteiger partial charge in [-0.15, -0.1) is 0 Å². The van der Waals surface area contributed by atoms with Gasteiger partial charge >= 0.3 is 0 Å². The van der Waals surface area contributed by atoms with Crippen LogP contribution < -0.4 is 0 Å². The topological polar surface area (TPSA) is 29.0 Å². The predicted octanol–water partition coefficient (Wildman–Crippen LogP) is 2.44. The highest BCUT2D eigenvalue weighted by molar-refractivity contribution is 5.04. The Morgan fingerprint density at radius 2 is 1.93 bits per heavy atom. The van der Waals surface area contributed by atoms with Crippen molar-refractivity contribution in [3.05, 3.63) is 23.8 Å². The molecule has 0 atom stereocenters. The quantitative estimate of drug-likeness (QED) is 0.742. The van der Waals surface area contributed by atoms with Crippen molar-refractivity contribution in [1.82, 2.24) is 14.9 Å². The summed E-state index contributed by atoms with van der Waals surface area (Å²) in [4.78, 5) is 11.2. The number of nitrogens with zero attached hydrogens (tertiary/aromatic N) is 3. The Morgan fingerprint density at radius 1 is 1.27 bits per heavy atom. The molecule has 0 aliphatic carbocycles. The maximum absolute atomic E-state index is 4.56. The molecule has 3 heteroatoms. The van der Waals surface area contributed by atoms with E-state index in [0.29, 0.717) is 5.92 Å². The summed E-state index contributed by atoms with van der Waals surface area (Å²) in [6.45, 7) is 11.7. The lowest BCUT2D eigenvalue weighted by Gasteiger charge is -2.17. The van der Waals surface area contributed by atoms with Crippen molar-refractivity contribution in [3.8, 4) is 0 Å².